The monoisotopic (exact) mass is 486 g/mol. The van der Waals surface area contributed by atoms with Gasteiger partial charge in [-0.15, -0.1) is 0 Å². The number of rotatable bonds is 5. The van der Waals surface area contributed by atoms with Gasteiger partial charge >= 0.3 is 0 Å². The molecule has 1 amide bonds. The number of nitrogens with one attached hydrogen (secondary N) is 1. The Hall–Kier alpha value is -2.41. The first-order chi connectivity index (χ1) is 15.7. The van der Waals surface area contributed by atoms with Crippen LogP contribution in [0, 0.1) is 5.92 Å². The summed E-state index contributed by atoms with van der Waals surface area (Å²) in [7, 11) is 0. The van der Waals surface area contributed by atoms with Gasteiger partial charge < -0.3 is 9.84 Å². The summed E-state index contributed by atoms with van der Waals surface area (Å²) in [6.07, 6.45) is 1.74. The molecule has 0 radical (unpaired) electrons. The summed E-state index contributed by atoms with van der Waals surface area (Å²) in [4.78, 5) is 19.6. The molecule has 6 nitrogen and oxygen atoms in total. The van der Waals surface area contributed by atoms with E-state index >= 15 is 0 Å². The van der Waals surface area contributed by atoms with Gasteiger partial charge in [0.25, 0.3) is 0 Å². The first kappa shape index (κ1) is 23.7. The van der Waals surface area contributed by atoms with Gasteiger partial charge in [0, 0.05) is 17.1 Å². The van der Waals surface area contributed by atoms with Gasteiger partial charge in [-0.3, -0.25) is 9.69 Å². The smallest absolute Gasteiger partial charge is 0.241 e. The van der Waals surface area contributed by atoms with Gasteiger partial charge in [0.2, 0.25) is 17.6 Å². The Morgan fingerprint density at radius 3 is 2.64 bits per heavy atom. The summed E-state index contributed by atoms with van der Waals surface area (Å²) in [5.41, 5.74) is 2.85. The molecule has 174 valence electrons. The van der Waals surface area contributed by atoms with Crippen LogP contribution < -0.4 is 5.32 Å². The Kier molecular flexibility index (Phi) is 7.07. The molecule has 2 heterocycles. The summed E-state index contributed by atoms with van der Waals surface area (Å²) in [6.45, 7) is 8.57. The van der Waals surface area contributed by atoms with E-state index in [2.05, 4.69) is 53.3 Å². The zero-order valence-electron chi connectivity index (χ0n) is 19.1. The molecule has 0 aliphatic carbocycles. The summed E-state index contributed by atoms with van der Waals surface area (Å²) in [5.74, 6) is 0.938. The maximum absolute atomic E-state index is 12.8. The van der Waals surface area contributed by atoms with Crippen molar-refractivity contribution in [3.8, 4) is 11.4 Å². The Bertz CT molecular complexity index is 1120. The van der Waals surface area contributed by atoms with Gasteiger partial charge in [0.15, 0.2) is 0 Å². The van der Waals surface area contributed by atoms with Crippen molar-refractivity contribution >= 4 is 34.8 Å². The molecular weight excluding hydrogens is 459 g/mol. The Morgan fingerprint density at radius 1 is 1.18 bits per heavy atom. The molecule has 3 aromatic rings. The number of halogens is 2. The number of hydrogen-bond acceptors (Lipinski definition) is 5. The number of nitrogens with zero attached hydrogens (tertiary/aromatic N) is 3. The fourth-order valence-electron chi connectivity index (χ4n) is 3.99. The molecule has 1 unspecified atom stereocenters. The summed E-state index contributed by atoms with van der Waals surface area (Å²) in [5, 5.41) is 8.04. The summed E-state index contributed by atoms with van der Waals surface area (Å²) < 4.78 is 5.50. The van der Waals surface area contributed by atoms with Crippen molar-refractivity contribution in [1.29, 1.82) is 0 Å². The number of amides is 1. The third-order valence-electron chi connectivity index (χ3n) is 5.90. The van der Waals surface area contributed by atoms with E-state index in [-0.39, 0.29) is 17.2 Å². The number of hydrogen-bond donors (Lipinski definition) is 1. The lowest BCUT2D eigenvalue weighted by molar-refractivity contribution is -0.121. The second-order valence-electron chi connectivity index (χ2n) is 9.53. The molecule has 0 bridgehead atoms. The maximum Gasteiger partial charge on any atom is 0.241 e. The van der Waals surface area contributed by atoms with Crippen molar-refractivity contribution in [2.75, 3.05) is 18.4 Å². The SMILES string of the molecule is CC(C)(C)c1ccc(-c2noc(CN3CCCC(C(=O)Nc4ccc(Cl)cc4Cl)C3)n2)cc1. The maximum atomic E-state index is 12.8. The molecule has 1 aromatic heterocycles. The van der Waals surface area contributed by atoms with Gasteiger partial charge in [-0.25, -0.2) is 0 Å². The Balaban J connectivity index is 1.37. The van der Waals surface area contributed by atoms with Crippen molar-refractivity contribution in [3.63, 3.8) is 0 Å². The standard InChI is InChI=1S/C25H28Cl2N4O2/c1-25(2,3)18-8-6-16(7-9-18)23-29-22(33-30-23)15-31-12-4-5-17(14-31)24(32)28-21-11-10-19(26)13-20(21)27/h6-11,13,17H,4-5,12,14-15H2,1-3H3,(H,28,32). The van der Waals surface area contributed by atoms with Crippen LogP contribution in [0.3, 0.4) is 0 Å². The molecule has 1 saturated heterocycles. The van der Waals surface area contributed by atoms with E-state index in [1.807, 2.05) is 12.1 Å². The third-order valence-corrected chi connectivity index (χ3v) is 6.45. The van der Waals surface area contributed by atoms with Crippen molar-refractivity contribution in [1.82, 2.24) is 15.0 Å². The normalized spacial score (nSPS) is 17.2. The van der Waals surface area contributed by atoms with Crippen molar-refractivity contribution in [2.24, 2.45) is 5.92 Å². The highest BCUT2D eigenvalue weighted by Crippen LogP contribution is 2.28. The van der Waals surface area contributed by atoms with Crippen LogP contribution in [0.2, 0.25) is 10.0 Å². The number of aromatic nitrogens is 2. The highest BCUT2D eigenvalue weighted by Gasteiger charge is 2.27. The van der Waals surface area contributed by atoms with Crippen LogP contribution >= 0.6 is 23.2 Å². The van der Waals surface area contributed by atoms with Crippen LogP contribution in [0.1, 0.15) is 45.1 Å². The number of likely N-dealkylation sites (tertiary alicyclic amines) is 1. The second-order valence-corrected chi connectivity index (χ2v) is 10.4. The van der Waals surface area contributed by atoms with Crippen LogP contribution in [0.15, 0.2) is 47.0 Å². The lowest BCUT2D eigenvalue weighted by Crippen LogP contribution is -2.40. The molecule has 1 N–H and O–H groups in total. The largest absolute Gasteiger partial charge is 0.338 e. The molecule has 33 heavy (non-hydrogen) atoms. The first-order valence-electron chi connectivity index (χ1n) is 11.1. The second kappa shape index (κ2) is 9.84. The van der Waals surface area contributed by atoms with E-state index in [1.165, 1.54) is 5.56 Å². The third kappa shape index (κ3) is 5.94. The quantitative estimate of drug-likeness (QED) is 0.465. The van der Waals surface area contributed by atoms with E-state index in [9.17, 15) is 4.79 Å². The average Bonchev–Trinajstić information content (AvgIpc) is 3.24. The fraction of sp³-hybridized carbons (Fsp3) is 0.400. The topological polar surface area (TPSA) is 71.3 Å². The molecule has 4 rings (SSSR count). The Labute approximate surface area is 204 Å². The van der Waals surface area contributed by atoms with E-state index in [1.54, 1.807) is 18.2 Å². The molecule has 1 aliphatic rings. The molecule has 1 fully saturated rings. The van der Waals surface area contributed by atoms with Crippen LogP contribution in [0.25, 0.3) is 11.4 Å². The van der Waals surface area contributed by atoms with E-state index in [0.29, 0.717) is 40.5 Å². The minimum absolute atomic E-state index is 0.0471. The molecule has 0 spiro atoms. The van der Waals surface area contributed by atoms with Crippen molar-refractivity contribution < 1.29 is 9.32 Å². The van der Waals surface area contributed by atoms with Gasteiger partial charge in [0.05, 0.1) is 23.2 Å². The van der Waals surface area contributed by atoms with Gasteiger partial charge in [-0.1, -0.05) is 73.4 Å². The highest BCUT2D eigenvalue weighted by atomic mass is 35.5. The predicted molar refractivity (Wildman–Crippen MR) is 132 cm³/mol. The van der Waals surface area contributed by atoms with E-state index < -0.39 is 0 Å². The number of piperidine rings is 1. The van der Waals surface area contributed by atoms with Crippen molar-refractivity contribution in [2.45, 2.75) is 45.6 Å². The molecule has 2 aromatic carbocycles. The summed E-state index contributed by atoms with van der Waals surface area (Å²) in [6, 6.07) is 13.3. The minimum atomic E-state index is -0.141. The molecule has 8 heteroatoms. The summed E-state index contributed by atoms with van der Waals surface area (Å²) >= 11 is 12.1. The number of carbonyl (C=O) groups excluding carboxylic acids is 1. The molecule has 1 aliphatic heterocycles. The first-order valence-corrected chi connectivity index (χ1v) is 11.9. The predicted octanol–water partition coefficient (Wildman–Crippen LogP) is 6.19. The number of benzene rings is 2. The van der Waals surface area contributed by atoms with Gasteiger partial charge in [0.1, 0.15) is 0 Å². The van der Waals surface area contributed by atoms with E-state index in [4.69, 9.17) is 27.7 Å². The lowest BCUT2D eigenvalue weighted by atomic mass is 9.87. The van der Waals surface area contributed by atoms with Crippen LogP contribution in [0.5, 0.6) is 0 Å². The zero-order valence-corrected chi connectivity index (χ0v) is 20.6. The highest BCUT2D eigenvalue weighted by molar-refractivity contribution is 6.36. The molecular formula is C25H28Cl2N4O2. The van der Waals surface area contributed by atoms with Crippen LogP contribution in [-0.4, -0.2) is 34.0 Å². The van der Waals surface area contributed by atoms with Crippen LogP contribution in [-0.2, 0) is 16.8 Å². The molecule has 0 saturated carbocycles. The fourth-order valence-corrected chi connectivity index (χ4v) is 4.44. The van der Waals surface area contributed by atoms with Crippen LogP contribution in [0.4, 0.5) is 5.69 Å². The van der Waals surface area contributed by atoms with Crippen molar-refractivity contribution in [3.05, 3.63) is 64.0 Å². The number of anilines is 1. The van der Waals surface area contributed by atoms with E-state index in [0.717, 1.165) is 24.9 Å². The Morgan fingerprint density at radius 2 is 1.94 bits per heavy atom. The number of carbonyl (C=O) groups is 1. The van der Waals surface area contributed by atoms with Gasteiger partial charge in [-0.05, 0) is 48.6 Å². The zero-order chi connectivity index (χ0) is 23.6. The minimum Gasteiger partial charge on any atom is -0.338 e. The molecule has 1 atom stereocenters. The average molecular weight is 487 g/mol. The lowest BCUT2D eigenvalue weighted by Gasteiger charge is -2.30. The van der Waals surface area contributed by atoms with Gasteiger partial charge in [-0.2, -0.15) is 4.98 Å².